The number of halogens is 3. The predicted octanol–water partition coefficient (Wildman–Crippen LogP) is 6.35. The van der Waals surface area contributed by atoms with Crippen LogP contribution in [0.3, 0.4) is 0 Å². The highest BCUT2D eigenvalue weighted by Gasteiger charge is 2.30. The van der Waals surface area contributed by atoms with E-state index in [-0.39, 0.29) is 23.8 Å². The van der Waals surface area contributed by atoms with Crippen LogP contribution in [-0.2, 0) is 6.54 Å². The van der Waals surface area contributed by atoms with E-state index in [1.165, 1.54) is 28.8 Å². The molecule has 0 aliphatic carbocycles. The van der Waals surface area contributed by atoms with Gasteiger partial charge in [-0.25, -0.2) is 0 Å². The number of fused-ring (bicyclic) bond motifs is 2. The number of rotatable bonds is 5. The van der Waals surface area contributed by atoms with Crippen molar-refractivity contribution in [2.75, 3.05) is 5.32 Å². The monoisotopic (exact) mass is 488 g/mol. The Morgan fingerprint density at radius 1 is 0.833 bits per heavy atom. The van der Waals surface area contributed by atoms with E-state index in [0.717, 1.165) is 10.8 Å². The van der Waals surface area contributed by atoms with Crippen molar-refractivity contribution in [3.05, 3.63) is 119 Å². The van der Waals surface area contributed by atoms with Crippen LogP contribution in [0.15, 0.2) is 102 Å². The van der Waals surface area contributed by atoms with Gasteiger partial charge in [0, 0.05) is 28.2 Å². The van der Waals surface area contributed by atoms with Gasteiger partial charge in [-0.1, -0.05) is 48.5 Å². The van der Waals surface area contributed by atoms with Gasteiger partial charge in [0.25, 0.3) is 11.5 Å². The van der Waals surface area contributed by atoms with Crippen LogP contribution in [0.4, 0.5) is 18.9 Å². The van der Waals surface area contributed by atoms with Gasteiger partial charge in [0.1, 0.15) is 5.75 Å². The number of hydrogen-bond acceptors (Lipinski definition) is 3. The molecule has 1 amide bonds. The van der Waals surface area contributed by atoms with Crippen LogP contribution in [0.5, 0.6) is 5.75 Å². The molecule has 5 nitrogen and oxygen atoms in total. The summed E-state index contributed by atoms with van der Waals surface area (Å²) in [6.45, 7) is 0.161. The molecule has 8 heteroatoms. The maximum Gasteiger partial charge on any atom is 0.573 e. The summed E-state index contributed by atoms with van der Waals surface area (Å²) in [5.74, 6) is -0.623. The van der Waals surface area contributed by atoms with Gasteiger partial charge in [0.15, 0.2) is 0 Å². The lowest BCUT2D eigenvalue weighted by atomic mass is 10.1. The van der Waals surface area contributed by atoms with E-state index >= 15 is 0 Å². The molecule has 0 saturated heterocycles. The smallest absolute Gasteiger partial charge is 0.406 e. The molecule has 5 aromatic rings. The Balaban J connectivity index is 1.39. The molecule has 0 aliphatic heterocycles. The first-order chi connectivity index (χ1) is 17.3. The van der Waals surface area contributed by atoms with Crippen molar-refractivity contribution in [3.63, 3.8) is 0 Å². The largest absolute Gasteiger partial charge is 0.573 e. The number of ether oxygens (including phenoxy) is 1. The van der Waals surface area contributed by atoms with Crippen LogP contribution >= 0.6 is 0 Å². The average Bonchev–Trinajstić information content (AvgIpc) is 2.86. The number of pyridine rings is 1. The first-order valence-corrected chi connectivity index (χ1v) is 11.0. The molecular formula is C28H19F3N2O3. The zero-order chi connectivity index (χ0) is 25.3. The lowest BCUT2D eigenvalue weighted by Gasteiger charge is -2.12. The number of nitrogens with one attached hydrogen (secondary N) is 1. The van der Waals surface area contributed by atoms with E-state index in [2.05, 4.69) is 10.1 Å². The quantitative estimate of drug-likeness (QED) is 0.314. The Hall–Kier alpha value is -4.59. The van der Waals surface area contributed by atoms with Crippen LogP contribution in [0.1, 0.15) is 15.9 Å². The van der Waals surface area contributed by atoms with Crippen LogP contribution in [0.2, 0.25) is 0 Å². The molecule has 0 atom stereocenters. The average molecular weight is 488 g/mol. The molecule has 1 N–H and O–H groups in total. The summed E-state index contributed by atoms with van der Waals surface area (Å²) in [5.41, 5.74) is 1.34. The van der Waals surface area contributed by atoms with Crippen molar-refractivity contribution in [2.24, 2.45) is 0 Å². The highest BCUT2D eigenvalue weighted by Crippen LogP contribution is 2.24. The van der Waals surface area contributed by atoms with Gasteiger partial charge in [0.2, 0.25) is 0 Å². The van der Waals surface area contributed by atoms with Crippen molar-refractivity contribution in [1.82, 2.24) is 4.57 Å². The summed E-state index contributed by atoms with van der Waals surface area (Å²) >= 11 is 0. The van der Waals surface area contributed by atoms with E-state index < -0.39 is 6.36 Å². The number of carbonyl (C=O) groups excluding carboxylic acids is 1. The summed E-state index contributed by atoms with van der Waals surface area (Å²) in [4.78, 5) is 26.1. The molecule has 0 spiro atoms. The Bertz CT molecular complexity index is 1640. The fraction of sp³-hybridized carbons (Fsp3) is 0.0714. The molecule has 0 radical (unpaired) electrons. The maximum absolute atomic E-state index is 13.1. The molecule has 0 fully saturated rings. The summed E-state index contributed by atoms with van der Waals surface area (Å²) in [7, 11) is 0. The van der Waals surface area contributed by atoms with Gasteiger partial charge >= 0.3 is 6.36 Å². The van der Waals surface area contributed by atoms with Gasteiger partial charge in [-0.3, -0.25) is 9.59 Å². The second-order valence-electron chi connectivity index (χ2n) is 8.22. The van der Waals surface area contributed by atoms with E-state index in [1.807, 2.05) is 36.4 Å². The van der Waals surface area contributed by atoms with E-state index in [0.29, 0.717) is 27.6 Å². The van der Waals surface area contributed by atoms with Gasteiger partial charge in [0.05, 0.1) is 6.54 Å². The Morgan fingerprint density at radius 2 is 1.58 bits per heavy atom. The standard InChI is InChI=1S/C28H19F3N2O3/c29-28(30,31)36-22-12-8-18(9-13-22)17-33-15-14-23-24(27(33)35)6-3-7-25(23)32-26(34)21-11-10-19-4-1-2-5-20(19)16-21/h1-16H,17H2,(H,32,34). The second kappa shape index (κ2) is 9.22. The summed E-state index contributed by atoms with van der Waals surface area (Å²) < 4.78 is 42.4. The van der Waals surface area contributed by atoms with Crippen LogP contribution in [0, 0.1) is 0 Å². The number of carbonyl (C=O) groups is 1. The van der Waals surface area contributed by atoms with Crippen molar-refractivity contribution in [3.8, 4) is 5.75 Å². The highest BCUT2D eigenvalue weighted by molar-refractivity contribution is 6.10. The third kappa shape index (κ3) is 4.93. The summed E-state index contributed by atoms with van der Waals surface area (Å²) in [5, 5.41) is 5.87. The van der Waals surface area contributed by atoms with E-state index in [9.17, 15) is 22.8 Å². The molecule has 0 unspecified atom stereocenters. The lowest BCUT2D eigenvalue weighted by Crippen LogP contribution is -2.21. The van der Waals surface area contributed by atoms with Gasteiger partial charge < -0.3 is 14.6 Å². The number of nitrogens with zero attached hydrogens (tertiary/aromatic N) is 1. The highest BCUT2D eigenvalue weighted by atomic mass is 19.4. The number of anilines is 1. The summed E-state index contributed by atoms with van der Waals surface area (Å²) in [6.07, 6.45) is -3.17. The van der Waals surface area contributed by atoms with E-state index in [4.69, 9.17) is 0 Å². The minimum Gasteiger partial charge on any atom is -0.406 e. The normalized spacial score (nSPS) is 11.5. The Morgan fingerprint density at radius 3 is 2.33 bits per heavy atom. The van der Waals surface area contributed by atoms with Crippen LogP contribution in [-0.4, -0.2) is 16.8 Å². The predicted molar refractivity (Wildman–Crippen MR) is 132 cm³/mol. The molecule has 1 aromatic heterocycles. The molecule has 5 rings (SSSR count). The first kappa shape index (κ1) is 23.2. The maximum atomic E-state index is 13.1. The third-order valence-electron chi connectivity index (χ3n) is 5.79. The number of benzene rings is 4. The number of hydrogen-bond donors (Lipinski definition) is 1. The fourth-order valence-corrected chi connectivity index (χ4v) is 4.07. The van der Waals surface area contributed by atoms with Gasteiger partial charge in [-0.2, -0.15) is 0 Å². The zero-order valence-electron chi connectivity index (χ0n) is 18.8. The molecule has 180 valence electrons. The minimum absolute atomic E-state index is 0.161. The zero-order valence-corrected chi connectivity index (χ0v) is 18.8. The Kier molecular flexibility index (Phi) is 5.93. The molecule has 4 aromatic carbocycles. The van der Waals surface area contributed by atoms with Crippen molar-refractivity contribution in [2.45, 2.75) is 12.9 Å². The van der Waals surface area contributed by atoms with Gasteiger partial charge in [-0.05, 0) is 58.8 Å². The van der Waals surface area contributed by atoms with Crippen molar-refractivity contribution >= 4 is 33.1 Å². The molecule has 0 aliphatic rings. The third-order valence-corrected chi connectivity index (χ3v) is 5.79. The number of alkyl halides is 3. The number of amides is 1. The molecule has 36 heavy (non-hydrogen) atoms. The fourth-order valence-electron chi connectivity index (χ4n) is 4.07. The van der Waals surface area contributed by atoms with Crippen LogP contribution in [0.25, 0.3) is 21.5 Å². The number of aromatic nitrogens is 1. The first-order valence-electron chi connectivity index (χ1n) is 11.0. The molecule has 0 bridgehead atoms. The van der Waals surface area contributed by atoms with Gasteiger partial charge in [-0.15, -0.1) is 13.2 Å². The summed E-state index contributed by atoms with van der Waals surface area (Å²) in [6, 6.07) is 25.3. The SMILES string of the molecule is O=C(Nc1cccc2c(=O)n(Cc3ccc(OC(F)(F)F)cc3)ccc12)c1ccc2ccccc2c1. The second-order valence-corrected chi connectivity index (χ2v) is 8.22. The lowest BCUT2D eigenvalue weighted by molar-refractivity contribution is -0.274. The van der Waals surface area contributed by atoms with E-state index in [1.54, 1.807) is 36.5 Å². The van der Waals surface area contributed by atoms with Crippen molar-refractivity contribution < 1.29 is 22.7 Å². The molecule has 1 heterocycles. The Labute approximate surface area is 203 Å². The topological polar surface area (TPSA) is 60.3 Å². The molecular weight excluding hydrogens is 469 g/mol. The minimum atomic E-state index is -4.77. The van der Waals surface area contributed by atoms with Crippen molar-refractivity contribution in [1.29, 1.82) is 0 Å². The molecule has 0 saturated carbocycles. The van der Waals surface area contributed by atoms with Crippen LogP contribution < -0.4 is 15.6 Å².